The van der Waals surface area contributed by atoms with Crippen molar-refractivity contribution >= 4 is 39.0 Å². The zero-order valence-electron chi connectivity index (χ0n) is 17.0. The van der Waals surface area contributed by atoms with Crippen LogP contribution in [-0.4, -0.2) is 40.1 Å². The number of halogens is 4. The molecule has 2 aromatic heterocycles. The summed E-state index contributed by atoms with van der Waals surface area (Å²) in [5, 5.41) is 2.41. The number of amides is 1. The smallest absolute Gasteiger partial charge is 0.238 e. The number of rotatable bonds is 4. The molecule has 1 amide bonds. The maximum absolute atomic E-state index is 14.2. The van der Waals surface area contributed by atoms with Crippen LogP contribution in [0.3, 0.4) is 0 Å². The van der Waals surface area contributed by atoms with E-state index in [0.717, 1.165) is 23.3 Å². The van der Waals surface area contributed by atoms with E-state index in [4.69, 9.17) is 0 Å². The number of aromatic nitrogens is 3. The number of hydrogen-bond donors (Lipinski definition) is 1. The molecule has 0 radical (unpaired) electrons. The van der Waals surface area contributed by atoms with Gasteiger partial charge < -0.3 is 10.2 Å². The van der Waals surface area contributed by atoms with Crippen molar-refractivity contribution in [1.29, 1.82) is 0 Å². The van der Waals surface area contributed by atoms with Gasteiger partial charge in [0.15, 0.2) is 17.5 Å². The van der Waals surface area contributed by atoms with E-state index in [0.29, 0.717) is 25.2 Å². The summed E-state index contributed by atoms with van der Waals surface area (Å²) in [6.45, 7) is 3.01. The van der Waals surface area contributed by atoms with Crippen molar-refractivity contribution in [2.75, 3.05) is 23.3 Å². The quantitative estimate of drug-likeness (QED) is 0.650. The molecule has 2 aliphatic rings. The minimum absolute atomic E-state index is 0.0778. The summed E-state index contributed by atoms with van der Waals surface area (Å²) in [6.07, 6.45) is 5.44. The van der Waals surface area contributed by atoms with Crippen LogP contribution < -0.4 is 10.2 Å². The Morgan fingerprint density at radius 1 is 1.25 bits per heavy atom. The molecule has 3 heterocycles. The number of nitrogens with one attached hydrogen (secondary N) is 1. The predicted octanol–water partition coefficient (Wildman–Crippen LogP) is 4.73. The molecule has 32 heavy (non-hydrogen) atoms. The van der Waals surface area contributed by atoms with Crippen molar-refractivity contribution in [2.24, 2.45) is 5.92 Å². The second-order valence-corrected chi connectivity index (χ2v) is 8.43. The molecule has 2 aromatic rings. The fraction of sp³-hybridized carbons (Fsp3) is 0.273. The number of alkyl halides is 1. The van der Waals surface area contributed by atoms with Crippen LogP contribution in [0.25, 0.3) is 5.57 Å². The predicted molar refractivity (Wildman–Crippen MR) is 119 cm³/mol. The second kappa shape index (κ2) is 9.23. The van der Waals surface area contributed by atoms with E-state index in [-0.39, 0.29) is 16.1 Å². The summed E-state index contributed by atoms with van der Waals surface area (Å²) in [7, 11) is 0. The summed E-state index contributed by atoms with van der Waals surface area (Å²) in [4.78, 5) is 26.9. The van der Waals surface area contributed by atoms with Crippen molar-refractivity contribution < 1.29 is 18.0 Å². The van der Waals surface area contributed by atoms with E-state index in [1.807, 2.05) is 11.8 Å². The van der Waals surface area contributed by atoms with Crippen LogP contribution >= 0.6 is 15.9 Å². The zero-order valence-corrected chi connectivity index (χ0v) is 18.6. The standard InChI is InChI=1S/C22H19BrF3N5O/c1-12-4-6-31(21-15(24)3-2-5-27-21)11-14(12)18-9-29-19(10-28-18)30-22(32)20-16(25)7-13(23)8-17(20)26/h2-3,5,7-10,16,20H,4,6,11H2,1H3,(H,29,30,32). The van der Waals surface area contributed by atoms with Crippen LogP contribution in [0.4, 0.5) is 24.8 Å². The lowest BCUT2D eigenvalue weighted by molar-refractivity contribution is -0.120. The number of pyridine rings is 1. The normalized spacial score (nSPS) is 21.2. The van der Waals surface area contributed by atoms with Gasteiger partial charge in [-0.2, -0.15) is 0 Å². The van der Waals surface area contributed by atoms with Gasteiger partial charge in [-0.15, -0.1) is 0 Å². The Hall–Kier alpha value is -3.01. The first-order valence-corrected chi connectivity index (χ1v) is 10.7. The lowest BCUT2D eigenvalue weighted by Gasteiger charge is -2.30. The molecule has 1 aliphatic heterocycles. The van der Waals surface area contributed by atoms with E-state index in [1.165, 1.54) is 18.5 Å². The molecule has 6 nitrogen and oxygen atoms in total. The molecule has 0 bridgehead atoms. The number of hydrogen-bond acceptors (Lipinski definition) is 5. The second-order valence-electron chi connectivity index (χ2n) is 7.52. The average molecular weight is 506 g/mol. The molecule has 1 N–H and O–H groups in total. The molecule has 1 aliphatic carbocycles. The molecule has 0 saturated heterocycles. The molecule has 2 unspecified atom stereocenters. The Kier molecular flexibility index (Phi) is 6.40. The highest BCUT2D eigenvalue weighted by molar-refractivity contribution is 9.11. The van der Waals surface area contributed by atoms with Crippen molar-refractivity contribution in [3.05, 3.63) is 70.3 Å². The van der Waals surface area contributed by atoms with Gasteiger partial charge in [-0.05, 0) is 43.2 Å². The minimum Gasteiger partial charge on any atom is -0.349 e. The maximum atomic E-state index is 14.2. The van der Waals surface area contributed by atoms with Gasteiger partial charge in [0.2, 0.25) is 5.91 Å². The first-order valence-electron chi connectivity index (χ1n) is 9.89. The van der Waals surface area contributed by atoms with Crippen LogP contribution in [0.2, 0.25) is 0 Å². The van der Waals surface area contributed by atoms with Gasteiger partial charge in [-0.25, -0.2) is 23.1 Å². The summed E-state index contributed by atoms with van der Waals surface area (Å²) < 4.78 is 42.6. The molecule has 2 atom stereocenters. The SMILES string of the molecule is CC1=C(c2cnc(NC(=O)C3C(F)=CC(Br)=CC3F)cn2)CN(c2ncccc2F)CC1. The minimum atomic E-state index is -1.80. The molecular weight excluding hydrogens is 487 g/mol. The fourth-order valence-electron chi connectivity index (χ4n) is 3.64. The summed E-state index contributed by atoms with van der Waals surface area (Å²) >= 11 is 3.00. The molecule has 0 aromatic carbocycles. The Bertz CT molecular complexity index is 1130. The highest BCUT2D eigenvalue weighted by Gasteiger charge is 2.34. The first-order chi connectivity index (χ1) is 15.3. The lowest BCUT2D eigenvalue weighted by atomic mass is 9.96. The summed E-state index contributed by atoms with van der Waals surface area (Å²) in [6, 6.07) is 2.91. The third kappa shape index (κ3) is 4.59. The Labute approximate surface area is 191 Å². The van der Waals surface area contributed by atoms with Crippen LogP contribution in [0.5, 0.6) is 0 Å². The highest BCUT2D eigenvalue weighted by atomic mass is 79.9. The van der Waals surface area contributed by atoms with Crippen molar-refractivity contribution in [1.82, 2.24) is 15.0 Å². The number of allylic oxidation sites excluding steroid dienone is 3. The van der Waals surface area contributed by atoms with Crippen LogP contribution in [0, 0.1) is 11.7 Å². The van der Waals surface area contributed by atoms with Gasteiger partial charge in [-0.1, -0.05) is 21.5 Å². The Balaban J connectivity index is 1.48. The zero-order chi connectivity index (χ0) is 22.8. The van der Waals surface area contributed by atoms with E-state index in [2.05, 4.69) is 36.2 Å². The number of carbonyl (C=O) groups is 1. The first kappa shape index (κ1) is 22.2. The fourth-order valence-corrected chi connectivity index (χ4v) is 4.11. The maximum Gasteiger partial charge on any atom is 0.238 e. The highest BCUT2D eigenvalue weighted by Crippen LogP contribution is 2.31. The van der Waals surface area contributed by atoms with Gasteiger partial charge in [0.05, 0.1) is 18.1 Å². The number of anilines is 2. The van der Waals surface area contributed by atoms with Gasteiger partial charge in [-0.3, -0.25) is 9.78 Å². The van der Waals surface area contributed by atoms with Crippen LogP contribution in [0.15, 0.2) is 58.8 Å². The largest absolute Gasteiger partial charge is 0.349 e. The number of nitrogens with zero attached hydrogens (tertiary/aromatic N) is 4. The molecule has 10 heteroatoms. The van der Waals surface area contributed by atoms with Gasteiger partial charge in [0, 0.05) is 23.8 Å². The third-order valence-electron chi connectivity index (χ3n) is 5.36. The van der Waals surface area contributed by atoms with Crippen molar-refractivity contribution in [2.45, 2.75) is 19.5 Å². The Morgan fingerprint density at radius 2 is 2.06 bits per heavy atom. The van der Waals surface area contributed by atoms with E-state index in [1.54, 1.807) is 12.3 Å². The number of carbonyl (C=O) groups excluding carboxylic acids is 1. The van der Waals surface area contributed by atoms with Gasteiger partial charge in [0.1, 0.15) is 17.9 Å². The third-order valence-corrected chi connectivity index (χ3v) is 5.86. The van der Waals surface area contributed by atoms with Crippen LogP contribution in [-0.2, 0) is 4.79 Å². The molecule has 0 saturated carbocycles. The molecule has 4 rings (SSSR count). The van der Waals surface area contributed by atoms with Gasteiger partial charge >= 0.3 is 0 Å². The van der Waals surface area contributed by atoms with Crippen molar-refractivity contribution in [3.63, 3.8) is 0 Å². The van der Waals surface area contributed by atoms with E-state index in [9.17, 15) is 18.0 Å². The summed E-state index contributed by atoms with van der Waals surface area (Å²) in [5.41, 5.74) is 2.54. The van der Waals surface area contributed by atoms with E-state index < -0.39 is 29.6 Å². The topological polar surface area (TPSA) is 71.0 Å². The molecule has 166 valence electrons. The Morgan fingerprint density at radius 3 is 2.75 bits per heavy atom. The van der Waals surface area contributed by atoms with Crippen LogP contribution in [0.1, 0.15) is 19.0 Å². The molecule has 0 fully saturated rings. The molecular formula is C22H19BrF3N5O. The summed E-state index contributed by atoms with van der Waals surface area (Å²) in [5.74, 6) is -3.35. The van der Waals surface area contributed by atoms with Crippen molar-refractivity contribution in [3.8, 4) is 0 Å². The molecule has 0 spiro atoms. The lowest BCUT2D eigenvalue weighted by Crippen LogP contribution is -2.33. The monoisotopic (exact) mass is 505 g/mol. The average Bonchev–Trinajstić information content (AvgIpc) is 2.74. The van der Waals surface area contributed by atoms with E-state index >= 15 is 0 Å². The van der Waals surface area contributed by atoms with Gasteiger partial charge in [0.25, 0.3) is 0 Å².